The molecule has 0 saturated carbocycles. The summed E-state index contributed by atoms with van der Waals surface area (Å²) in [5.74, 6) is -0.550. The van der Waals surface area contributed by atoms with Crippen molar-refractivity contribution in [1.29, 1.82) is 0 Å². The average molecular weight is 364 g/mol. The molecule has 0 bridgehead atoms. The molecule has 1 N–H and O–H groups in total. The fraction of sp³-hybridized carbons (Fsp3) is 0.312. The van der Waals surface area contributed by atoms with Gasteiger partial charge in [0.25, 0.3) is 5.91 Å². The largest absolute Gasteiger partial charge is 0.494 e. The number of nitrogens with zero attached hydrogens (tertiary/aromatic N) is 1. The van der Waals surface area contributed by atoms with Crippen molar-refractivity contribution in [3.63, 3.8) is 0 Å². The maximum atomic E-state index is 11.9. The van der Waals surface area contributed by atoms with E-state index in [4.69, 9.17) is 18.9 Å². The van der Waals surface area contributed by atoms with Gasteiger partial charge in [-0.2, -0.15) is 0 Å². The summed E-state index contributed by atoms with van der Waals surface area (Å²) in [6.45, 7) is 2.68. The van der Waals surface area contributed by atoms with Gasteiger partial charge in [-0.25, -0.2) is 9.78 Å². The van der Waals surface area contributed by atoms with Crippen LogP contribution in [0.2, 0.25) is 0 Å². The van der Waals surface area contributed by atoms with Crippen molar-refractivity contribution in [3.8, 4) is 5.75 Å². The lowest BCUT2D eigenvalue weighted by molar-refractivity contribution is -0.148. The molecule has 2 heterocycles. The Morgan fingerprint density at radius 1 is 1.36 bits per heavy atom. The van der Waals surface area contributed by atoms with Crippen molar-refractivity contribution < 1.29 is 28.5 Å². The third-order valence-electron chi connectivity index (χ3n) is 3.10. The van der Waals surface area contributed by atoms with Crippen molar-refractivity contribution in [2.24, 2.45) is 0 Å². The molecule has 2 aromatic rings. The molecule has 3 rings (SSSR count). The molecule has 0 unspecified atom stereocenters. The van der Waals surface area contributed by atoms with Crippen molar-refractivity contribution in [1.82, 2.24) is 4.98 Å². The van der Waals surface area contributed by atoms with Crippen LogP contribution < -0.4 is 10.1 Å². The van der Waals surface area contributed by atoms with E-state index in [9.17, 15) is 9.59 Å². The van der Waals surface area contributed by atoms with Crippen LogP contribution in [-0.2, 0) is 23.8 Å². The van der Waals surface area contributed by atoms with Crippen molar-refractivity contribution in [2.75, 3.05) is 31.7 Å². The topological polar surface area (TPSA) is 96.0 Å². The molecule has 1 amide bonds. The highest BCUT2D eigenvalue weighted by Crippen LogP contribution is 2.29. The highest BCUT2D eigenvalue weighted by molar-refractivity contribution is 7.22. The Morgan fingerprint density at radius 3 is 3.00 bits per heavy atom. The Labute approximate surface area is 147 Å². The number of carbonyl (C=O) groups is 2. The molecule has 1 aliphatic rings. The third-order valence-corrected chi connectivity index (χ3v) is 4.04. The van der Waals surface area contributed by atoms with Crippen molar-refractivity contribution >= 4 is 38.6 Å². The Morgan fingerprint density at radius 2 is 2.24 bits per heavy atom. The van der Waals surface area contributed by atoms with Crippen LogP contribution in [0, 0.1) is 0 Å². The second kappa shape index (κ2) is 7.84. The number of ether oxygens (including phenoxy) is 4. The van der Waals surface area contributed by atoms with Crippen molar-refractivity contribution in [3.05, 3.63) is 30.2 Å². The molecular formula is C16H16N2O6S. The highest BCUT2D eigenvalue weighted by atomic mass is 32.1. The number of carbonyl (C=O) groups excluding carboxylic acids is 2. The highest BCUT2D eigenvalue weighted by Gasteiger charge is 2.18. The second-order valence-electron chi connectivity index (χ2n) is 4.91. The minimum atomic E-state index is -0.750. The van der Waals surface area contributed by atoms with Crippen LogP contribution in [0.25, 0.3) is 10.2 Å². The quantitative estimate of drug-likeness (QED) is 0.784. The molecule has 1 aliphatic heterocycles. The molecule has 9 heteroatoms. The molecule has 8 nitrogen and oxygen atoms in total. The minimum Gasteiger partial charge on any atom is -0.494 e. The first-order chi connectivity index (χ1) is 12.2. The maximum absolute atomic E-state index is 11.9. The predicted molar refractivity (Wildman–Crippen MR) is 90.4 cm³/mol. The van der Waals surface area contributed by atoms with Gasteiger partial charge >= 0.3 is 5.97 Å². The summed E-state index contributed by atoms with van der Waals surface area (Å²) in [7, 11) is 0. The Bertz CT molecular complexity index is 816. The van der Waals surface area contributed by atoms with E-state index in [1.54, 1.807) is 0 Å². The van der Waals surface area contributed by atoms with Gasteiger partial charge < -0.3 is 18.9 Å². The predicted octanol–water partition coefficient (Wildman–Crippen LogP) is 2.06. The lowest BCUT2D eigenvalue weighted by atomic mass is 10.3. The van der Waals surface area contributed by atoms with E-state index in [2.05, 4.69) is 10.3 Å². The van der Waals surface area contributed by atoms with Crippen molar-refractivity contribution in [2.45, 2.75) is 6.92 Å². The molecule has 0 atom stereocenters. The molecule has 132 valence electrons. The monoisotopic (exact) mass is 364 g/mol. The van der Waals surface area contributed by atoms with E-state index >= 15 is 0 Å². The minimum absolute atomic E-state index is 0.0532. The summed E-state index contributed by atoms with van der Waals surface area (Å²) in [6.07, 6.45) is 1.17. The SMILES string of the molecule is CCOc1ccc2nc(NC(=O)COC(=O)C3=COCCO3)sc2c1. The number of nitrogens with one attached hydrogen (secondary N) is 1. The molecule has 25 heavy (non-hydrogen) atoms. The maximum Gasteiger partial charge on any atom is 0.377 e. The van der Waals surface area contributed by atoms with Crippen LogP contribution in [0.1, 0.15) is 6.92 Å². The van der Waals surface area contributed by atoms with E-state index in [1.165, 1.54) is 17.6 Å². The van der Waals surface area contributed by atoms with Crippen LogP contribution in [0.3, 0.4) is 0 Å². The number of hydrogen-bond donors (Lipinski definition) is 1. The first-order valence-corrected chi connectivity index (χ1v) is 8.42. The van der Waals surface area contributed by atoms with Gasteiger partial charge in [-0.3, -0.25) is 10.1 Å². The average Bonchev–Trinajstić information content (AvgIpc) is 3.02. The molecule has 0 saturated heterocycles. The standard InChI is InChI=1S/C16H16N2O6S/c1-2-22-10-3-4-11-13(7-10)25-16(17-11)18-14(19)9-24-15(20)12-8-21-5-6-23-12/h3-4,7-8H,2,5-6,9H2,1H3,(H,17,18,19). The summed E-state index contributed by atoms with van der Waals surface area (Å²) in [4.78, 5) is 27.9. The number of hydrogen-bond acceptors (Lipinski definition) is 8. The van der Waals surface area contributed by atoms with E-state index < -0.39 is 18.5 Å². The van der Waals surface area contributed by atoms with Crippen LogP contribution in [-0.4, -0.2) is 43.3 Å². The Hall–Kier alpha value is -2.81. The van der Waals surface area contributed by atoms with E-state index in [-0.39, 0.29) is 12.4 Å². The zero-order valence-electron chi connectivity index (χ0n) is 13.4. The summed E-state index contributed by atoms with van der Waals surface area (Å²) in [5.41, 5.74) is 0.749. The lowest BCUT2D eigenvalue weighted by Crippen LogP contribution is -2.23. The smallest absolute Gasteiger partial charge is 0.377 e. The zero-order chi connectivity index (χ0) is 17.6. The fourth-order valence-corrected chi connectivity index (χ4v) is 2.96. The van der Waals surface area contributed by atoms with Crippen LogP contribution in [0.15, 0.2) is 30.2 Å². The summed E-state index contributed by atoms with van der Waals surface area (Å²) >= 11 is 1.31. The molecule has 0 aliphatic carbocycles. The number of anilines is 1. The van der Waals surface area contributed by atoms with Gasteiger partial charge in [0.15, 0.2) is 11.7 Å². The number of esters is 1. The van der Waals surface area contributed by atoms with Crippen LogP contribution >= 0.6 is 11.3 Å². The van der Waals surface area contributed by atoms with Gasteiger partial charge in [-0.1, -0.05) is 11.3 Å². The first-order valence-electron chi connectivity index (χ1n) is 7.60. The molecule has 1 aromatic carbocycles. The number of benzene rings is 1. The van der Waals surface area contributed by atoms with Gasteiger partial charge in [0.05, 0.1) is 16.8 Å². The molecule has 1 aromatic heterocycles. The van der Waals surface area contributed by atoms with E-state index in [0.29, 0.717) is 18.3 Å². The summed E-state index contributed by atoms with van der Waals surface area (Å²) in [5, 5.41) is 3.02. The number of rotatable bonds is 6. The zero-order valence-corrected chi connectivity index (χ0v) is 14.3. The summed E-state index contributed by atoms with van der Waals surface area (Å²) in [6, 6.07) is 5.50. The number of amides is 1. The Balaban J connectivity index is 1.56. The van der Waals surface area contributed by atoms with Gasteiger partial charge in [0.1, 0.15) is 25.2 Å². The second-order valence-corrected chi connectivity index (χ2v) is 5.94. The number of thiazole rings is 1. The normalized spacial score (nSPS) is 13.4. The molecule has 0 spiro atoms. The van der Waals surface area contributed by atoms with Gasteiger partial charge in [-0.15, -0.1) is 0 Å². The lowest BCUT2D eigenvalue weighted by Gasteiger charge is -2.14. The van der Waals surface area contributed by atoms with Gasteiger partial charge in [0.2, 0.25) is 5.76 Å². The number of fused-ring (bicyclic) bond motifs is 1. The third kappa shape index (κ3) is 4.38. The fourth-order valence-electron chi connectivity index (χ4n) is 2.05. The van der Waals surface area contributed by atoms with Gasteiger partial charge in [0, 0.05) is 0 Å². The molecule has 0 fully saturated rings. The van der Waals surface area contributed by atoms with E-state index in [0.717, 1.165) is 16.0 Å². The first kappa shape index (κ1) is 17.0. The molecule has 0 radical (unpaired) electrons. The van der Waals surface area contributed by atoms with Crippen LogP contribution in [0.4, 0.5) is 5.13 Å². The van der Waals surface area contributed by atoms with Gasteiger partial charge in [-0.05, 0) is 25.1 Å². The molecular weight excluding hydrogens is 348 g/mol. The number of aromatic nitrogens is 1. The summed E-state index contributed by atoms with van der Waals surface area (Å²) < 4.78 is 21.2. The van der Waals surface area contributed by atoms with Crippen LogP contribution in [0.5, 0.6) is 5.75 Å². The van der Waals surface area contributed by atoms with E-state index in [1.807, 2.05) is 25.1 Å². The Kier molecular flexibility index (Phi) is 5.34.